The minimum Gasteiger partial charge on any atom is -0.318 e. The first-order valence-electron chi connectivity index (χ1n) is 5.53. The van der Waals surface area contributed by atoms with Crippen LogP contribution in [0.3, 0.4) is 0 Å². The highest BCUT2D eigenvalue weighted by molar-refractivity contribution is 9.10. The number of nitrogens with zero attached hydrogens (tertiary/aromatic N) is 3. The molecule has 5 nitrogen and oxygen atoms in total. The second-order valence-electron chi connectivity index (χ2n) is 4.12. The van der Waals surface area contributed by atoms with Crippen LogP contribution in [0.25, 0.3) is 0 Å². The van der Waals surface area contributed by atoms with Gasteiger partial charge in [0.2, 0.25) is 0 Å². The maximum atomic E-state index is 11.9. The molecule has 0 bridgehead atoms. The Bertz CT molecular complexity index is 547. The molecule has 0 spiro atoms. The third-order valence-electron chi connectivity index (χ3n) is 2.35. The van der Waals surface area contributed by atoms with Gasteiger partial charge in [0.1, 0.15) is 5.69 Å². The van der Waals surface area contributed by atoms with Crippen LogP contribution in [-0.2, 0) is 0 Å². The van der Waals surface area contributed by atoms with Gasteiger partial charge >= 0.3 is 0 Å². The summed E-state index contributed by atoms with van der Waals surface area (Å²) in [5.41, 5.74) is 1.04. The van der Waals surface area contributed by atoms with Gasteiger partial charge in [0.25, 0.3) is 5.91 Å². The number of nitrogens with one attached hydrogen (secondary N) is 1. The molecular formula is C12H13BrN4O. The maximum Gasteiger partial charge on any atom is 0.274 e. The maximum absolute atomic E-state index is 11.9. The zero-order valence-corrected chi connectivity index (χ0v) is 11.7. The van der Waals surface area contributed by atoms with Gasteiger partial charge in [-0.15, -0.1) is 0 Å². The summed E-state index contributed by atoms with van der Waals surface area (Å²) in [6.07, 6.45) is 5.00. The third-order valence-corrected chi connectivity index (χ3v) is 2.82. The summed E-state index contributed by atoms with van der Waals surface area (Å²) in [5.74, 6) is -0.245. The van der Waals surface area contributed by atoms with Crippen LogP contribution in [-0.4, -0.2) is 20.7 Å². The fourth-order valence-corrected chi connectivity index (χ4v) is 1.62. The van der Waals surface area contributed by atoms with Crippen LogP contribution in [0.1, 0.15) is 30.4 Å². The van der Waals surface area contributed by atoms with E-state index >= 15 is 0 Å². The second kappa shape index (κ2) is 5.30. The van der Waals surface area contributed by atoms with Crippen molar-refractivity contribution in [2.45, 2.75) is 19.9 Å². The summed E-state index contributed by atoms with van der Waals surface area (Å²) in [7, 11) is 0. The van der Waals surface area contributed by atoms with E-state index < -0.39 is 0 Å². The highest BCUT2D eigenvalue weighted by Gasteiger charge is 2.09. The fourth-order valence-electron chi connectivity index (χ4n) is 1.39. The molecule has 0 aromatic carbocycles. The monoisotopic (exact) mass is 308 g/mol. The molecule has 2 aromatic heterocycles. The molecule has 0 aliphatic heterocycles. The van der Waals surface area contributed by atoms with Gasteiger partial charge in [-0.25, -0.2) is 4.98 Å². The number of amides is 1. The average molecular weight is 309 g/mol. The van der Waals surface area contributed by atoms with Gasteiger partial charge in [0.15, 0.2) is 0 Å². The zero-order valence-electron chi connectivity index (χ0n) is 10.1. The molecule has 2 heterocycles. The predicted molar refractivity (Wildman–Crippen MR) is 72.5 cm³/mol. The van der Waals surface area contributed by atoms with Crippen LogP contribution in [0.5, 0.6) is 0 Å². The molecule has 0 atom stereocenters. The number of anilines is 1. The summed E-state index contributed by atoms with van der Waals surface area (Å²) in [4.78, 5) is 15.9. The smallest absolute Gasteiger partial charge is 0.274 e. The number of rotatable bonds is 3. The summed E-state index contributed by atoms with van der Waals surface area (Å²) >= 11 is 3.27. The molecule has 94 valence electrons. The lowest BCUT2D eigenvalue weighted by atomic mass is 10.3. The predicted octanol–water partition coefficient (Wildman–Crippen LogP) is 2.87. The molecule has 0 saturated carbocycles. The molecule has 2 aromatic rings. The van der Waals surface area contributed by atoms with Crippen molar-refractivity contribution in [1.29, 1.82) is 0 Å². The lowest BCUT2D eigenvalue weighted by Gasteiger charge is -2.04. The van der Waals surface area contributed by atoms with E-state index in [-0.39, 0.29) is 11.9 Å². The van der Waals surface area contributed by atoms with Crippen molar-refractivity contribution in [2.24, 2.45) is 0 Å². The van der Waals surface area contributed by atoms with E-state index in [0.717, 1.165) is 4.47 Å². The van der Waals surface area contributed by atoms with Crippen LogP contribution in [0.4, 0.5) is 5.69 Å². The Balaban J connectivity index is 2.08. The molecule has 0 radical (unpaired) electrons. The third kappa shape index (κ3) is 2.95. The molecule has 0 aliphatic rings. The number of hydrogen-bond acceptors (Lipinski definition) is 3. The molecule has 0 fully saturated rings. The number of pyridine rings is 1. The Morgan fingerprint density at radius 2 is 2.17 bits per heavy atom. The second-order valence-corrected chi connectivity index (χ2v) is 5.03. The Hall–Kier alpha value is -1.69. The molecule has 0 saturated heterocycles. The molecule has 18 heavy (non-hydrogen) atoms. The number of halogens is 1. The van der Waals surface area contributed by atoms with Crippen molar-refractivity contribution in [1.82, 2.24) is 14.8 Å². The molecule has 0 aliphatic carbocycles. The Morgan fingerprint density at radius 3 is 2.72 bits per heavy atom. The zero-order chi connectivity index (χ0) is 13.1. The Labute approximate surface area is 113 Å². The number of carbonyl (C=O) groups excluding carboxylic acids is 1. The van der Waals surface area contributed by atoms with Crippen LogP contribution in [0, 0.1) is 0 Å². The van der Waals surface area contributed by atoms with E-state index in [1.165, 1.54) is 0 Å². The SMILES string of the molecule is CC(C)n1cc(NC(=O)c2ccc(Br)cn2)cn1. The van der Waals surface area contributed by atoms with Crippen molar-refractivity contribution in [2.75, 3.05) is 5.32 Å². The summed E-state index contributed by atoms with van der Waals surface area (Å²) in [6.45, 7) is 4.05. The van der Waals surface area contributed by atoms with Gasteiger partial charge in [0, 0.05) is 22.9 Å². The molecule has 2 rings (SSSR count). The van der Waals surface area contributed by atoms with Crippen LogP contribution < -0.4 is 5.32 Å². The largest absolute Gasteiger partial charge is 0.318 e. The van der Waals surface area contributed by atoms with Crippen LogP contribution >= 0.6 is 15.9 Å². The lowest BCUT2D eigenvalue weighted by Crippen LogP contribution is -2.13. The van der Waals surface area contributed by atoms with Crippen molar-refractivity contribution >= 4 is 27.5 Å². The summed E-state index contributed by atoms with van der Waals surface area (Å²) in [5, 5.41) is 6.90. The lowest BCUT2D eigenvalue weighted by molar-refractivity contribution is 0.102. The Morgan fingerprint density at radius 1 is 1.39 bits per heavy atom. The molecular weight excluding hydrogens is 296 g/mol. The van der Waals surface area contributed by atoms with E-state index in [2.05, 4.69) is 31.3 Å². The first kappa shape index (κ1) is 12.8. The van der Waals surface area contributed by atoms with Crippen molar-refractivity contribution < 1.29 is 4.79 Å². The minimum absolute atomic E-state index is 0.245. The Kier molecular flexibility index (Phi) is 3.76. The van der Waals surface area contributed by atoms with Gasteiger partial charge in [-0.05, 0) is 41.9 Å². The van der Waals surface area contributed by atoms with E-state index in [0.29, 0.717) is 11.4 Å². The van der Waals surface area contributed by atoms with E-state index in [1.54, 1.807) is 35.4 Å². The number of aromatic nitrogens is 3. The standard InChI is InChI=1S/C12H13BrN4O/c1-8(2)17-7-10(6-15-17)16-12(18)11-4-3-9(13)5-14-11/h3-8H,1-2H3,(H,16,18). The molecule has 1 amide bonds. The molecule has 0 unspecified atom stereocenters. The first-order chi connectivity index (χ1) is 8.56. The fraction of sp³-hybridized carbons (Fsp3) is 0.250. The van der Waals surface area contributed by atoms with Crippen molar-refractivity contribution in [3.63, 3.8) is 0 Å². The van der Waals surface area contributed by atoms with Crippen molar-refractivity contribution in [3.05, 3.63) is 40.9 Å². The summed E-state index contributed by atoms with van der Waals surface area (Å²) < 4.78 is 2.62. The highest BCUT2D eigenvalue weighted by Crippen LogP contribution is 2.12. The van der Waals surface area contributed by atoms with E-state index in [4.69, 9.17) is 0 Å². The number of carbonyl (C=O) groups is 1. The van der Waals surface area contributed by atoms with E-state index in [9.17, 15) is 4.79 Å². The van der Waals surface area contributed by atoms with E-state index in [1.807, 2.05) is 13.8 Å². The summed E-state index contributed by atoms with van der Waals surface area (Å²) in [6, 6.07) is 3.70. The van der Waals surface area contributed by atoms with Gasteiger partial charge in [-0.1, -0.05) is 0 Å². The van der Waals surface area contributed by atoms with Crippen molar-refractivity contribution in [3.8, 4) is 0 Å². The number of hydrogen-bond donors (Lipinski definition) is 1. The van der Waals surface area contributed by atoms with Crippen LogP contribution in [0.15, 0.2) is 35.2 Å². The van der Waals surface area contributed by atoms with Crippen LogP contribution in [0.2, 0.25) is 0 Å². The highest BCUT2D eigenvalue weighted by atomic mass is 79.9. The minimum atomic E-state index is -0.245. The normalized spacial score (nSPS) is 10.7. The quantitative estimate of drug-likeness (QED) is 0.948. The van der Waals surface area contributed by atoms with Gasteiger partial charge in [-0.2, -0.15) is 5.10 Å². The van der Waals surface area contributed by atoms with Gasteiger partial charge in [-0.3, -0.25) is 9.48 Å². The first-order valence-corrected chi connectivity index (χ1v) is 6.32. The average Bonchev–Trinajstić information content (AvgIpc) is 2.78. The molecule has 1 N–H and O–H groups in total. The topological polar surface area (TPSA) is 59.8 Å². The van der Waals surface area contributed by atoms with Gasteiger partial charge < -0.3 is 5.32 Å². The van der Waals surface area contributed by atoms with Gasteiger partial charge in [0.05, 0.1) is 11.9 Å². The molecule has 6 heteroatoms.